The number of likely N-dealkylation sites (tertiary alicyclic amines) is 1. The lowest BCUT2D eigenvalue weighted by atomic mass is 10.1. The average Bonchev–Trinajstić information content (AvgIpc) is 2.23. The molecule has 1 fully saturated rings. The summed E-state index contributed by atoms with van der Waals surface area (Å²) in [6.45, 7) is 0.768. The molecule has 1 aliphatic rings. The molecule has 6 nitrogen and oxygen atoms in total. The summed E-state index contributed by atoms with van der Waals surface area (Å²) in [5, 5.41) is 10.4. The van der Waals surface area contributed by atoms with Crippen LogP contribution in [-0.2, 0) is 0 Å². The number of halogens is 1. The second-order valence-corrected chi connectivity index (χ2v) is 3.89. The lowest BCUT2D eigenvalue weighted by molar-refractivity contribution is -0.385. The number of nitro benzene ring substituents is 1. The van der Waals surface area contributed by atoms with Gasteiger partial charge in [-0.1, -0.05) is 0 Å². The summed E-state index contributed by atoms with van der Waals surface area (Å²) in [5.74, 6) is -1.37. The van der Waals surface area contributed by atoms with Gasteiger partial charge in [0.1, 0.15) is 5.82 Å². The van der Waals surface area contributed by atoms with E-state index in [0.29, 0.717) is 13.1 Å². The van der Waals surface area contributed by atoms with Crippen LogP contribution in [0.3, 0.4) is 0 Å². The molecule has 0 spiro atoms. The van der Waals surface area contributed by atoms with Crippen molar-refractivity contribution >= 4 is 11.6 Å². The van der Waals surface area contributed by atoms with Crippen LogP contribution in [0.1, 0.15) is 10.4 Å². The van der Waals surface area contributed by atoms with E-state index in [9.17, 15) is 19.3 Å². The molecule has 1 amide bonds. The van der Waals surface area contributed by atoms with E-state index in [2.05, 4.69) is 0 Å². The molecule has 0 aromatic heterocycles. The van der Waals surface area contributed by atoms with Crippen LogP contribution < -0.4 is 5.73 Å². The molecule has 0 saturated carbocycles. The molecule has 2 N–H and O–H groups in total. The van der Waals surface area contributed by atoms with Crippen LogP contribution in [0.25, 0.3) is 0 Å². The molecule has 0 unspecified atom stereocenters. The van der Waals surface area contributed by atoms with Gasteiger partial charge < -0.3 is 10.6 Å². The summed E-state index contributed by atoms with van der Waals surface area (Å²) in [4.78, 5) is 22.8. The molecule has 17 heavy (non-hydrogen) atoms. The van der Waals surface area contributed by atoms with Crippen LogP contribution in [0.5, 0.6) is 0 Å². The molecule has 1 saturated heterocycles. The average molecular weight is 239 g/mol. The summed E-state index contributed by atoms with van der Waals surface area (Å²) < 4.78 is 13.5. The van der Waals surface area contributed by atoms with Crippen molar-refractivity contribution in [2.75, 3.05) is 13.1 Å². The van der Waals surface area contributed by atoms with Crippen molar-refractivity contribution < 1.29 is 14.1 Å². The fourth-order valence-corrected chi connectivity index (χ4v) is 1.64. The van der Waals surface area contributed by atoms with Gasteiger partial charge in [-0.2, -0.15) is 0 Å². The van der Waals surface area contributed by atoms with Crippen LogP contribution in [-0.4, -0.2) is 34.9 Å². The van der Waals surface area contributed by atoms with Crippen molar-refractivity contribution in [3.63, 3.8) is 0 Å². The molecule has 90 valence electrons. The van der Waals surface area contributed by atoms with E-state index in [1.165, 1.54) is 4.90 Å². The van der Waals surface area contributed by atoms with Gasteiger partial charge in [-0.15, -0.1) is 0 Å². The zero-order chi connectivity index (χ0) is 12.6. The van der Waals surface area contributed by atoms with Crippen molar-refractivity contribution in [2.45, 2.75) is 6.04 Å². The highest BCUT2D eigenvalue weighted by Crippen LogP contribution is 2.19. The fraction of sp³-hybridized carbons (Fsp3) is 0.300. The van der Waals surface area contributed by atoms with Gasteiger partial charge in [0.2, 0.25) is 0 Å². The summed E-state index contributed by atoms with van der Waals surface area (Å²) in [7, 11) is 0. The van der Waals surface area contributed by atoms with Crippen LogP contribution >= 0.6 is 0 Å². The Morgan fingerprint density at radius 3 is 2.65 bits per heavy atom. The first-order valence-corrected chi connectivity index (χ1v) is 4.98. The number of amides is 1. The van der Waals surface area contributed by atoms with Crippen molar-refractivity contribution in [3.05, 3.63) is 39.7 Å². The minimum absolute atomic E-state index is 0.0694. The topological polar surface area (TPSA) is 89.5 Å². The Hall–Kier alpha value is -2.02. The minimum atomic E-state index is -0.885. The number of nitrogens with zero attached hydrogens (tertiary/aromatic N) is 2. The number of hydrogen-bond donors (Lipinski definition) is 1. The third kappa shape index (κ3) is 2.09. The monoisotopic (exact) mass is 239 g/mol. The Labute approximate surface area is 96.0 Å². The SMILES string of the molecule is NC1CN(C(=O)c2ccc([N+](=O)[O-])cc2F)C1. The van der Waals surface area contributed by atoms with Gasteiger partial charge in [-0.25, -0.2) is 4.39 Å². The lowest BCUT2D eigenvalue weighted by Gasteiger charge is -2.36. The normalized spacial score (nSPS) is 15.5. The van der Waals surface area contributed by atoms with Gasteiger partial charge in [0.15, 0.2) is 0 Å². The molecule has 1 heterocycles. The number of hydrogen-bond acceptors (Lipinski definition) is 4. The molecule has 0 atom stereocenters. The lowest BCUT2D eigenvalue weighted by Crippen LogP contribution is -2.57. The van der Waals surface area contributed by atoms with Crippen LogP contribution in [0, 0.1) is 15.9 Å². The van der Waals surface area contributed by atoms with E-state index in [1.807, 2.05) is 0 Å². The van der Waals surface area contributed by atoms with E-state index < -0.39 is 16.6 Å². The van der Waals surface area contributed by atoms with Crippen molar-refractivity contribution in [1.82, 2.24) is 4.90 Å². The largest absolute Gasteiger partial charge is 0.335 e. The summed E-state index contributed by atoms with van der Waals surface area (Å²) >= 11 is 0. The third-order valence-electron chi connectivity index (χ3n) is 2.59. The molecule has 0 aliphatic carbocycles. The van der Waals surface area contributed by atoms with Crippen LogP contribution in [0.2, 0.25) is 0 Å². The Kier molecular flexibility index (Phi) is 2.76. The Balaban J connectivity index is 2.22. The van der Waals surface area contributed by atoms with Gasteiger partial charge in [-0.3, -0.25) is 14.9 Å². The van der Waals surface area contributed by atoms with Gasteiger partial charge >= 0.3 is 0 Å². The quantitative estimate of drug-likeness (QED) is 0.601. The van der Waals surface area contributed by atoms with Crippen molar-refractivity contribution in [1.29, 1.82) is 0 Å². The molecule has 0 bridgehead atoms. The number of carbonyl (C=O) groups excluding carboxylic acids is 1. The predicted molar refractivity (Wildman–Crippen MR) is 56.9 cm³/mol. The first kappa shape index (κ1) is 11.5. The fourth-order valence-electron chi connectivity index (χ4n) is 1.64. The van der Waals surface area contributed by atoms with E-state index in [-0.39, 0.29) is 17.3 Å². The van der Waals surface area contributed by atoms with Crippen molar-refractivity contribution in [3.8, 4) is 0 Å². The van der Waals surface area contributed by atoms with Gasteiger partial charge in [-0.05, 0) is 6.07 Å². The Bertz CT molecular complexity index is 486. The van der Waals surface area contributed by atoms with Crippen LogP contribution in [0.15, 0.2) is 18.2 Å². The number of nitro groups is 1. The van der Waals surface area contributed by atoms with Crippen molar-refractivity contribution in [2.24, 2.45) is 5.73 Å². The van der Waals surface area contributed by atoms with Gasteiger partial charge in [0.25, 0.3) is 11.6 Å². The number of carbonyl (C=O) groups is 1. The number of nitrogens with two attached hydrogens (primary N) is 1. The maximum Gasteiger partial charge on any atom is 0.272 e. The van der Waals surface area contributed by atoms with E-state index >= 15 is 0 Å². The standard InChI is InChI=1S/C10H10FN3O3/c11-9-3-7(14(16)17)1-2-8(9)10(15)13-4-6(12)5-13/h1-3,6H,4-5,12H2. The zero-order valence-electron chi connectivity index (χ0n) is 8.80. The molecule has 1 aromatic carbocycles. The Morgan fingerprint density at radius 1 is 1.53 bits per heavy atom. The summed E-state index contributed by atoms with van der Waals surface area (Å²) in [6.07, 6.45) is 0. The van der Waals surface area contributed by atoms with Gasteiger partial charge in [0.05, 0.1) is 16.6 Å². The van der Waals surface area contributed by atoms with E-state index in [4.69, 9.17) is 5.73 Å². The minimum Gasteiger partial charge on any atom is -0.335 e. The number of non-ortho nitro benzene ring substituents is 1. The second-order valence-electron chi connectivity index (χ2n) is 3.89. The van der Waals surface area contributed by atoms with E-state index in [1.54, 1.807) is 0 Å². The second kappa shape index (κ2) is 4.10. The zero-order valence-corrected chi connectivity index (χ0v) is 8.80. The highest BCUT2D eigenvalue weighted by Gasteiger charge is 2.30. The first-order chi connectivity index (χ1) is 7.99. The molecule has 1 aromatic rings. The summed E-state index contributed by atoms with van der Waals surface area (Å²) in [6, 6.07) is 2.91. The smallest absolute Gasteiger partial charge is 0.272 e. The maximum absolute atomic E-state index is 13.5. The predicted octanol–water partition coefficient (Wildman–Crippen LogP) is 0.517. The molecule has 1 aliphatic heterocycles. The molecular weight excluding hydrogens is 229 g/mol. The highest BCUT2D eigenvalue weighted by atomic mass is 19.1. The molecule has 2 rings (SSSR count). The van der Waals surface area contributed by atoms with Crippen LogP contribution in [0.4, 0.5) is 10.1 Å². The highest BCUT2D eigenvalue weighted by molar-refractivity contribution is 5.95. The Morgan fingerprint density at radius 2 is 2.18 bits per heavy atom. The van der Waals surface area contributed by atoms with Gasteiger partial charge in [0, 0.05) is 25.2 Å². The van der Waals surface area contributed by atoms with E-state index in [0.717, 1.165) is 18.2 Å². The summed E-state index contributed by atoms with van der Waals surface area (Å²) in [5.41, 5.74) is 4.97. The number of benzene rings is 1. The molecule has 0 radical (unpaired) electrons. The molecule has 7 heteroatoms. The maximum atomic E-state index is 13.5. The first-order valence-electron chi connectivity index (χ1n) is 4.98. The third-order valence-corrected chi connectivity index (χ3v) is 2.59. The molecular formula is C10H10FN3O3. The number of rotatable bonds is 2.